The quantitative estimate of drug-likeness (QED) is 0.175. The van der Waals surface area contributed by atoms with Crippen LogP contribution in [0.1, 0.15) is 0 Å². The summed E-state index contributed by atoms with van der Waals surface area (Å²) in [5.41, 5.74) is 11.8. The topological polar surface area (TPSA) is 16.4 Å². The number of rotatable bonds is 6. The molecule has 0 radical (unpaired) electrons. The number of benzene rings is 8. The Balaban J connectivity index is 1.35. The summed E-state index contributed by atoms with van der Waals surface area (Å²) in [5.74, 6) is 0. The Bertz CT molecular complexity index is 2790. The zero-order valence-electron chi connectivity index (χ0n) is 27.7. The summed E-state index contributed by atoms with van der Waals surface area (Å²) in [6, 6.07) is 67.5. The number of nitrogens with zero attached hydrogens (tertiary/aromatic N) is 1. The van der Waals surface area contributed by atoms with Crippen molar-refractivity contribution in [2.45, 2.75) is 0 Å². The molecule has 0 saturated carbocycles. The first-order valence-corrected chi connectivity index (χ1v) is 18.1. The molecule has 3 heteroatoms. The number of thiophene rings is 1. The molecule has 51 heavy (non-hydrogen) atoms. The molecule has 0 aliphatic rings. The van der Waals surface area contributed by atoms with Crippen LogP contribution in [0.5, 0.6) is 0 Å². The molecule has 0 unspecified atom stereocenters. The van der Waals surface area contributed by atoms with Crippen LogP contribution in [0.15, 0.2) is 192 Å². The van der Waals surface area contributed by atoms with Crippen molar-refractivity contribution >= 4 is 70.5 Å². The minimum Gasteiger partial charge on any atom is -0.454 e. The SMILES string of the molecule is c1ccc(-c2cc(-c3ccccc3)c(N(c3ccc4c(c3)sc3ccccc34)c3cccc4c3oc3ccccc34)c(-c3ccccc3)c2)cc1. The summed E-state index contributed by atoms with van der Waals surface area (Å²) in [6.07, 6.45) is 0. The van der Waals surface area contributed by atoms with Crippen molar-refractivity contribution < 1.29 is 4.42 Å². The van der Waals surface area contributed by atoms with Crippen molar-refractivity contribution in [3.63, 3.8) is 0 Å². The van der Waals surface area contributed by atoms with E-state index in [0.717, 1.165) is 61.3 Å². The standard InChI is InChI=1S/C48H31NOS/c1-4-15-32(16-5-1)35-29-41(33-17-6-2-7-18-33)47(42(30-35)34-19-8-3-9-20-34)49(36-27-28-39-38-22-11-13-26-45(38)51-46(39)31-36)43-24-14-23-40-37-21-10-12-25-44(37)50-48(40)43/h1-31H. The fourth-order valence-electron chi connectivity index (χ4n) is 7.50. The largest absolute Gasteiger partial charge is 0.454 e. The van der Waals surface area contributed by atoms with E-state index in [2.05, 4.69) is 187 Å². The summed E-state index contributed by atoms with van der Waals surface area (Å²) in [4.78, 5) is 2.44. The second-order valence-corrected chi connectivity index (χ2v) is 14.0. The molecule has 0 fully saturated rings. The first-order chi connectivity index (χ1) is 25.3. The lowest BCUT2D eigenvalue weighted by Gasteiger charge is -2.31. The van der Waals surface area contributed by atoms with Gasteiger partial charge in [0.05, 0.1) is 11.4 Å². The average Bonchev–Trinajstić information content (AvgIpc) is 3.78. The Morgan fingerprint density at radius 3 is 1.67 bits per heavy atom. The maximum absolute atomic E-state index is 6.79. The molecule has 10 rings (SSSR count). The number of hydrogen-bond donors (Lipinski definition) is 0. The van der Waals surface area contributed by atoms with Crippen molar-refractivity contribution in [2.24, 2.45) is 0 Å². The summed E-state index contributed by atoms with van der Waals surface area (Å²) in [7, 11) is 0. The van der Waals surface area contributed by atoms with Gasteiger partial charge in [-0.2, -0.15) is 0 Å². The van der Waals surface area contributed by atoms with Gasteiger partial charge >= 0.3 is 0 Å². The van der Waals surface area contributed by atoms with Crippen LogP contribution in [-0.2, 0) is 0 Å². The van der Waals surface area contributed by atoms with E-state index in [-0.39, 0.29) is 0 Å². The van der Waals surface area contributed by atoms with Gasteiger partial charge in [-0.1, -0.05) is 146 Å². The minimum absolute atomic E-state index is 0.861. The average molecular weight is 670 g/mol. The van der Waals surface area contributed by atoms with Gasteiger partial charge in [0.2, 0.25) is 0 Å². The Hall–Kier alpha value is -6.42. The van der Waals surface area contributed by atoms with Crippen molar-refractivity contribution in [1.82, 2.24) is 0 Å². The first-order valence-electron chi connectivity index (χ1n) is 17.3. The van der Waals surface area contributed by atoms with Gasteiger partial charge in [-0.05, 0) is 64.7 Å². The van der Waals surface area contributed by atoms with E-state index in [4.69, 9.17) is 4.42 Å². The highest BCUT2D eigenvalue weighted by atomic mass is 32.1. The third-order valence-electron chi connectivity index (χ3n) is 9.86. The highest BCUT2D eigenvalue weighted by Crippen LogP contribution is 2.51. The lowest BCUT2D eigenvalue weighted by Crippen LogP contribution is -2.13. The summed E-state index contributed by atoms with van der Waals surface area (Å²) in [6.45, 7) is 0. The van der Waals surface area contributed by atoms with Gasteiger partial charge in [-0.15, -0.1) is 11.3 Å². The normalized spacial score (nSPS) is 11.5. The molecule has 0 amide bonds. The fourth-order valence-corrected chi connectivity index (χ4v) is 8.64. The van der Waals surface area contributed by atoms with Gasteiger partial charge < -0.3 is 9.32 Å². The number of para-hydroxylation sites is 2. The lowest BCUT2D eigenvalue weighted by molar-refractivity contribution is 0.669. The van der Waals surface area contributed by atoms with Gasteiger partial charge in [-0.3, -0.25) is 0 Å². The molecule has 10 aromatic rings. The van der Waals surface area contributed by atoms with Crippen molar-refractivity contribution in [2.75, 3.05) is 4.90 Å². The maximum Gasteiger partial charge on any atom is 0.159 e. The number of hydrogen-bond acceptors (Lipinski definition) is 3. The van der Waals surface area contributed by atoms with E-state index < -0.39 is 0 Å². The minimum atomic E-state index is 0.861. The predicted molar refractivity (Wildman–Crippen MR) is 218 cm³/mol. The molecule has 0 bridgehead atoms. The first kappa shape index (κ1) is 29.5. The van der Waals surface area contributed by atoms with E-state index in [1.807, 2.05) is 17.4 Å². The van der Waals surface area contributed by atoms with Crippen LogP contribution in [0.25, 0.3) is 75.5 Å². The molecule has 0 N–H and O–H groups in total. The third kappa shape index (κ3) is 5.01. The number of fused-ring (bicyclic) bond motifs is 6. The molecular formula is C48H31NOS. The molecule has 2 nitrogen and oxygen atoms in total. The van der Waals surface area contributed by atoms with Gasteiger partial charge in [0, 0.05) is 47.8 Å². The van der Waals surface area contributed by atoms with Gasteiger partial charge in [0.25, 0.3) is 0 Å². The molecule has 2 heterocycles. The van der Waals surface area contributed by atoms with Gasteiger partial charge in [0.15, 0.2) is 5.58 Å². The summed E-state index contributed by atoms with van der Waals surface area (Å²) in [5, 5.41) is 4.77. The zero-order valence-corrected chi connectivity index (χ0v) is 28.5. The van der Waals surface area contributed by atoms with Crippen molar-refractivity contribution in [3.05, 3.63) is 188 Å². The van der Waals surface area contributed by atoms with E-state index in [9.17, 15) is 0 Å². The fraction of sp³-hybridized carbons (Fsp3) is 0. The molecule has 0 aliphatic carbocycles. The van der Waals surface area contributed by atoms with Crippen LogP contribution >= 0.6 is 11.3 Å². The van der Waals surface area contributed by atoms with E-state index >= 15 is 0 Å². The Morgan fingerprint density at radius 2 is 0.961 bits per heavy atom. The van der Waals surface area contributed by atoms with Crippen molar-refractivity contribution in [1.29, 1.82) is 0 Å². The van der Waals surface area contributed by atoms with Gasteiger partial charge in [-0.25, -0.2) is 0 Å². The third-order valence-corrected chi connectivity index (χ3v) is 11.0. The molecular weight excluding hydrogens is 639 g/mol. The Morgan fingerprint density at radius 1 is 0.392 bits per heavy atom. The molecule has 0 saturated heterocycles. The monoisotopic (exact) mass is 669 g/mol. The second kappa shape index (κ2) is 12.2. The molecule has 240 valence electrons. The van der Waals surface area contributed by atoms with Crippen LogP contribution in [0.2, 0.25) is 0 Å². The van der Waals surface area contributed by atoms with Crippen LogP contribution in [0.3, 0.4) is 0 Å². The molecule has 0 aliphatic heterocycles. The van der Waals surface area contributed by atoms with Crippen LogP contribution in [-0.4, -0.2) is 0 Å². The Labute approximate surface area is 300 Å². The zero-order chi connectivity index (χ0) is 33.7. The highest BCUT2D eigenvalue weighted by molar-refractivity contribution is 7.25. The molecule has 0 spiro atoms. The highest BCUT2D eigenvalue weighted by Gasteiger charge is 2.26. The maximum atomic E-state index is 6.79. The molecule has 0 atom stereocenters. The smallest absolute Gasteiger partial charge is 0.159 e. The van der Waals surface area contributed by atoms with Gasteiger partial charge in [0.1, 0.15) is 5.58 Å². The van der Waals surface area contributed by atoms with Crippen LogP contribution < -0.4 is 4.90 Å². The molecule has 8 aromatic carbocycles. The van der Waals surface area contributed by atoms with Crippen LogP contribution in [0, 0.1) is 0 Å². The summed E-state index contributed by atoms with van der Waals surface area (Å²) < 4.78 is 9.33. The van der Waals surface area contributed by atoms with E-state index in [1.165, 1.54) is 31.3 Å². The van der Waals surface area contributed by atoms with E-state index in [1.54, 1.807) is 0 Å². The predicted octanol–water partition coefficient (Wildman–Crippen LogP) is 14.4. The van der Waals surface area contributed by atoms with E-state index in [0.29, 0.717) is 0 Å². The number of furan rings is 1. The van der Waals surface area contributed by atoms with Crippen LogP contribution in [0.4, 0.5) is 17.1 Å². The Kier molecular flexibility index (Phi) is 7.04. The lowest BCUT2D eigenvalue weighted by atomic mass is 9.89. The molecule has 2 aromatic heterocycles. The van der Waals surface area contributed by atoms with Crippen molar-refractivity contribution in [3.8, 4) is 33.4 Å². The second-order valence-electron chi connectivity index (χ2n) is 12.9. The summed E-state index contributed by atoms with van der Waals surface area (Å²) >= 11 is 1.84. The number of anilines is 3.